The smallest absolute Gasteiger partial charge is 0.191 e. The van der Waals surface area contributed by atoms with Crippen LogP contribution in [0.4, 0.5) is 0 Å². The molecule has 2 unspecified atom stereocenters. The fraction of sp³-hybridized carbons (Fsp3) is 0.444. The van der Waals surface area contributed by atoms with Crippen molar-refractivity contribution in [3.05, 3.63) is 52.8 Å². The summed E-state index contributed by atoms with van der Waals surface area (Å²) in [6, 6.07) is 11.0. The molecule has 1 saturated carbocycles. The SMILES string of the molecule is CCNC(=NCCCn1cccn1)NC1CC1c1ccc(Br)cc1. The van der Waals surface area contributed by atoms with E-state index < -0.39 is 0 Å². The molecule has 0 bridgehead atoms. The van der Waals surface area contributed by atoms with E-state index in [0.29, 0.717) is 12.0 Å². The van der Waals surface area contributed by atoms with Crippen LogP contribution in [0.1, 0.15) is 31.2 Å². The van der Waals surface area contributed by atoms with Gasteiger partial charge in [0, 0.05) is 48.5 Å². The number of hydrogen-bond acceptors (Lipinski definition) is 2. The Morgan fingerprint density at radius 2 is 2.21 bits per heavy atom. The molecule has 1 aliphatic carbocycles. The maximum Gasteiger partial charge on any atom is 0.191 e. The normalized spacial score (nSPS) is 20.0. The highest BCUT2D eigenvalue weighted by Gasteiger charge is 2.38. The van der Waals surface area contributed by atoms with E-state index in [4.69, 9.17) is 0 Å². The van der Waals surface area contributed by atoms with Gasteiger partial charge in [-0.05, 0) is 43.5 Å². The molecule has 2 aromatic rings. The van der Waals surface area contributed by atoms with Crippen LogP contribution in [-0.4, -0.2) is 34.9 Å². The Balaban J connectivity index is 1.47. The molecule has 0 spiro atoms. The second-order valence-corrected chi connectivity index (χ2v) is 6.94. The molecule has 0 aliphatic heterocycles. The van der Waals surface area contributed by atoms with Crippen molar-refractivity contribution in [3.63, 3.8) is 0 Å². The molecule has 3 rings (SSSR count). The van der Waals surface area contributed by atoms with Gasteiger partial charge in [-0.1, -0.05) is 28.1 Å². The minimum Gasteiger partial charge on any atom is -0.357 e. The van der Waals surface area contributed by atoms with E-state index in [0.717, 1.165) is 36.5 Å². The number of guanidine groups is 1. The van der Waals surface area contributed by atoms with Gasteiger partial charge < -0.3 is 10.6 Å². The molecule has 24 heavy (non-hydrogen) atoms. The van der Waals surface area contributed by atoms with Crippen molar-refractivity contribution in [1.29, 1.82) is 0 Å². The molecule has 0 radical (unpaired) electrons. The highest BCUT2D eigenvalue weighted by Crippen LogP contribution is 2.40. The summed E-state index contributed by atoms with van der Waals surface area (Å²) < 4.78 is 3.07. The van der Waals surface area contributed by atoms with Crippen LogP contribution >= 0.6 is 15.9 Å². The summed E-state index contributed by atoms with van der Waals surface area (Å²) in [6.45, 7) is 4.67. The molecule has 5 nitrogen and oxygen atoms in total. The zero-order valence-corrected chi connectivity index (χ0v) is 15.5. The number of benzene rings is 1. The second kappa shape index (κ2) is 8.33. The van der Waals surface area contributed by atoms with Crippen molar-refractivity contribution in [2.45, 2.75) is 38.3 Å². The Morgan fingerprint density at radius 3 is 2.92 bits per heavy atom. The van der Waals surface area contributed by atoms with Crippen LogP contribution in [0.5, 0.6) is 0 Å². The summed E-state index contributed by atoms with van der Waals surface area (Å²) in [5.74, 6) is 1.51. The van der Waals surface area contributed by atoms with Crippen LogP contribution in [0.25, 0.3) is 0 Å². The predicted octanol–water partition coefficient (Wildman–Crippen LogP) is 3.15. The quantitative estimate of drug-likeness (QED) is 0.434. The van der Waals surface area contributed by atoms with E-state index in [-0.39, 0.29) is 0 Å². The number of aliphatic imine (C=N–C) groups is 1. The first kappa shape index (κ1) is 17.0. The summed E-state index contributed by atoms with van der Waals surface area (Å²) in [5, 5.41) is 11.1. The van der Waals surface area contributed by atoms with Crippen molar-refractivity contribution in [3.8, 4) is 0 Å². The molecule has 1 heterocycles. The molecule has 128 valence electrons. The Bertz CT molecular complexity index is 651. The number of nitrogens with zero attached hydrogens (tertiary/aromatic N) is 3. The average Bonchev–Trinajstić information content (AvgIpc) is 3.14. The fourth-order valence-electron chi connectivity index (χ4n) is 2.78. The van der Waals surface area contributed by atoms with E-state index in [1.165, 1.54) is 12.0 Å². The molecular formula is C18H24BrN5. The van der Waals surface area contributed by atoms with Crippen LogP contribution in [0.3, 0.4) is 0 Å². The van der Waals surface area contributed by atoms with E-state index in [2.05, 4.69) is 67.8 Å². The highest BCUT2D eigenvalue weighted by atomic mass is 79.9. The summed E-state index contributed by atoms with van der Waals surface area (Å²) in [4.78, 5) is 4.68. The molecule has 2 atom stereocenters. The standard InChI is InChI=1S/C18H24BrN5/c1-2-20-18(21-9-3-11-24-12-4-10-22-24)23-17-13-16(17)14-5-7-15(19)8-6-14/h4-8,10,12,16-17H,2-3,9,11,13H2,1H3,(H2,20,21,23). The lowest BCUT2D eigenvalue weighted by atomic mass is 10.1. The van der Waals surface area contributed by atoms with Crippen LogP contribution in [0.15, 0.2) is 52.2 Å². The third-order valence-corrected chi connectivity index (χ3v) is 4.66. The van der Waals surface area contributed by atoms with E-state index in [9.17, 15) is 0 Å². The van der Waals surface area contributed by atoms with Crippen molar-refractivity contribution >= 4 is 21.9 Å². The molecule has 6 heteroatoms. The van der Waals surface area contributed by atoms with Crippen LogP contribution in [-0.2, 0) is 6.54 Å². The first-order chi connectivity index (χ1) is 11.8. The third kappa shape index (κ3) is 4.84. The van der Waals surface area contributed by atoms with Crippen molar-refractivity contribution in [2.24, 2.45) is 4.99 Å². The average molecular weight is 390 g/mol. The van der Waals surface area contributed by atoms with Crippen molar-refractivity contribution in [2.75, 3.05) is 13.1 Å². The minimum atomic E-state index is 0.482. The zero-order chi connectivity index (χ0) is 16.8. The second-order valence-electron chi connectivity index (χ2n) is 6.03. The Morgan fingerprint density at radius 1 is 1.38 bits per heavy atom. The Labute approximate surface area is 151 Å². The zero-order valence-electron chi connectivity index (χ0n) is 14.0. The molecule has 0 saturated heterocycles. The summed E-state index contributed by atoms with van der Waals surface area (Å²) >= 11 is 3.49. The molecule has 1 aromatic carbocycles. The first-order valence-electron chi connectivity index (χ1n) is 8.54. The van der Waals surface area contributed by atoms with Gasteiger partial charge in [0.2, 0.25) is 0 Å². The van der Waals surface area contributed by atoms with Gasteiger partial charge in [0.1, 0.15) is 0 Å². The van der Waals surface area contributed by atoms with Crippen LogP contribution in [0.2, 0.25) is 0 Å². The molecule has 2 N–H and O–H groups in total. The van der Waals surface area contributed by atoms with Crippen molar-refractivity contribution in [1.82, 2.24) is 20.4 Å². The summed E-state index contributed by atoms with van der Waals surface area (Å²) in [7, 11) is 0. The van der Waals surface area contributed by atoms with Gasteiger partial charge in [0.15, 0.2) is 5.96 Å². The van der Waals surface area contributed by atoms with Crippen LogP contribution < -0.4 is 10.6 Å². The lowest BCUT2D eigenvalue weighted by molar-refractivity contribution is 0.583. The fourth-order valence-corrected chi connectivity index (χ4v) is 3.05. The molecule has 1 fully saturated rings. The largest absolute Gasteiger partial charge is 0.357 e. The number of hydrogen-bond donors (Lipinski definition) is 2. The van der Waals surface area contributed by atoms with Gasteiger partial charge in [-0.2, -0.15) is 5.10 Å². The number of rotatable bonds is 7. The maximum absolute atomic E-state index is 4.68. The Hall–Kier alpha value is -1.82. The summed E-state index contributed by atoms with van der Waals surface area (Å²) in [6.07, 6.45) is 5.95. The van der Waals surface area contributed by atoms with Gasteiger partial charge in [0.05, 0.1) is 0 Å². The van der Waals surface area contributed by atoms with Gasteiger partial charge >= 0.3 is 0 Å². The molecule has 1 aromatic heterocycles. The minimum absolute atomic E-state index is 0.482. The Kier molecular flexibility index (Phi) is 5.91. The van der Waals surface area contributed by atoms with Gasteiger partial charge in [-0.25, -0.2) is 0 Å². The monoisotopic (exact) mass is 389 g/mol. The lowest BCUT2D eigenvalue weighted by Crippen LogP contribution is -2.39. The molecule has 1 aliphatic rings. The number of aromatic nitrogens is 2. The van der Waals surface area contributed by atoms with Gasteiger partial charge in [0.25, 0.3) is 0 Å². The summed E-state index contributed by atoms with van der Waals surface area (Å²) in [5.41, 5.74) is 1.39. The first-order valence-corrected chi connectivity index (χ1v) is 9.33. The third-order valence-electron chi connectivity index (χ3n) is 4.13. The lowest BCUT2D eigenvalue weighted by Gasteiger charge is -2.11. The van der Waals surface area contributed by atoms with Crippen molar-refractivity contribution < 1.29 is 0 Å². The van der Waals surface area contributed by atoms with Gasteiger partial charge in [-0.15, -0.1) is 0 Å². The number of halogens is 1. The van der Waals surface area contributed by atoms with Gasteiger partial charge in [-0.3, -0.25) is 9.67 Å². The molecule has 0 amide bonds. The topological polar surface area (TPSA) is 54.2 Å². The van der Waals surface area contributed by atoms with Crippen LogP contribution in [0, 0.1) is 0 Å². The van der Waals surface area contributed by atoms with E-state index >= 15 is 0 Å². The molecular weight excluding hydrogens is 366 g/mol. The predicted molar refractivity (Wildman–Crippen MR) is 101 cm³/mol. The number of aryl methyl sites for hydroxylation is 1. The maximum atomic E-state index is 4.68. The number of nitrogens with one attached hydrogen (secondary N) is 2. The van der Waals surface area contributed by atoms with E-state index in [1.54, 1.807) is 0 Å². The highest BCUT2D eigenvalue weighted by molar-refractivity contribution is 9.10. The van der Waals surface area contributed by atoms with E-state index in [1.807, 2.05) is 23.1 Å².